The van der Waals surface area contributed by atoms with E-state index in [1.54, 1.807) is 18.5 Å². The van der Waals surface area contributed by atoms with Crippen molar-refractivity contribution < 1.29 is 8.42 Å². The molecule has 9 heteroatoms. The second-order valence-corrected chi connectivity index (χ2v) is 9.35. The average molecular weight is 411 g/mol. The van der Waals surface area contributed by atoms with Crippen molar-refractivity contribution in [2.45, 2.75) is 25.0 Å². The van der Waals surface area contributed by atoms with Crippen LogP contribution in [0.1, 0.15) is 30.7 Å². The monoisotopic (exact) mass is 410 g/mol. The van der Waals surface area contributed by atoms with Crippen LogP contribution in [-0.2, 0) is 15.8 Å². The van der Waals surface area contributed by atoms with Gasteiger partial charge in [-0.05, 0) is 24.1 Å². The zero-order valence-corrected chi connectivity index (χ0v) is 16.9. The Bertz CT molecular complexity index is 1280. The van der Waals surface area contributed by atoms with E-state index in [9.17, 15) is 8.42 Å². The molecule has 5 rings (SSSR count). The first kappa shape index (κ1) is 18.3. The van der Waals surface area contributed by atoms with E-state index in [4.69, 9.17) is 0 Å². The van der Waals surface area contributed by atoms with Crippen molar-refractivity contribution in [1.29, 1.82) is 0 Å². The van der Waals surface area contributed by atoms with Gasteiger partial charge in [-0.3, -0.25) is 4.40 Å². The Morgan fingerprint density at radius 1 is 1.14 bits per heavy atom. The molecule has 150 valence electrons. The molecule has 0 saturated carbocycles. The molecule has 3 aromatic heterocycles. The normalized spacial score (nSPS) is 20.0. The van der Waals surface area contributed by atoms with E-state index in [0.717, 1.165) is 30.9 Å². The van der Waals surface area contributed by atoms with Crippen molar-refractivity contribution in [3.05, 3.63) is 60.2 Å². The fourth-order valence-electron chi connectivity index (χ4n) is 4.24. The second-order valence-electron chi connectivity index (χ2n) is 7.51. The van der Waals surface area contributed by atoms with Gasteiger partial charge in [-0.25, -0.2) is 17.4 Å². The highest BCUT2D eigenvalue weighted by Crippen LogP contribution is 2.31. The van der Waals surface area contributed by atoms with Crippen molar-refractivity contribution in [3.63, 3.8) is 0 Å². The Balaban J connectivity index is 1.63. The molecule has 0 radical (unpaired) electrons. The second kappa shape index (κ2) is 6.93. The zero-order valence-electron chi connectivity index (χ0n) is 16.1. The molecule has 0 aliphatic carbocycles. The molecule has 1 fully saturated rings. The van der Waals surface area contributed by atoms with Crippen LogP contribution < -0.4 is 5.32 Å². The molecule has 1 saturated heterocycles. The molecule has 1 aliphatic rings. The number of nitrogens with one attached hydrogen (secondary N) is 1. The molecule has 0 bridgehead atoms. The Morgan fingerprint density at radius 2 is 1.97 bits per heavy atom. The molecule has 2 atom stereocenters. The Labute approximate surface area is 168 Å². The molecule has 1 N–H and O–H groups in total. The molecule has 1 aliphatic heterocycles. The Morgan fingerprint density at radius 3 is 2.76 bits per heavy atom. The number of hydrogen-bond donors (Lipinski definition) is 1. The molecule has 0 amide bonds. The van der Waals surface area contributed by atoms with Crippen molar-refractivity contribution in [3.8, 4) is 0 Å². The van der Waals surface area contributed by atoms with Gasteiger partial charge in [0.05, 0.1) is 17.5 Å². The summed E-state index contributed by atoms with van der Waals surface area (Å²) in [5.74, 6) is 1.50. The lowest BCUT2D eigenvalue weighted by Gasteiger charge is -2.15. The average Bonchev–Trinajstić information content (AvgIpc) is 3.44. The molecule has 0 unspecified atom stereocenters. The molecular formula is C20H22N6O2S. The predicted molar refractivity (Wildman–Crippen MR) is 110 cm³/mol. The highest BCUT2D eigenvalue weighted by Gasteiger charge is 2.31. The fourth-order valence-corrected chi connectivity index (χ4v) is 5.64. The van der Waals surface area contributed by atoms with Crippen LogP contribution in [0.25, 0.3) is 16.8 Å². The van der Waals surface area contributed by atoms with Gasteiger partial charge in [0, 0.05) is 18.7 Å². The smallest absolute Gasteiger partial charge is 0.244 e. The first-order valence-electron chi connectivity index (χ1n) is 9.77. The molecule has 0 spiro atoms. The number of nitrogens with zero attached hydrogens (tertiary/aromatic N) is 5. The first-order valence-corrected chi connectivity index (χ1v) is 11.4. The Hall–Kier alpha value is -2.78. The van der Waals surface area contributed by atoms with Crippen molar-refractivity contribution in [2.24, 2.45) is 5.92 Å². The minimum absolute atomic E-state index is 0.0865. The summed E-state index contributed by atoms with van der Waals surface area (Å²) in [6.07, 6.45) is 4.22. The van der Waals surface area contributed by atoms with Crippen LogP contribution in [0.3, 0.4) is 0 Å². The van der Waals surface area contributed by atoms with Crippen LogP contribution in [0.5, 0.6) is 0 Å². The van der Waals surface area contributed by atoms with Crippen LogP contribution in [0, 0.1) is 5.92 Å². The maximum absolute atomic E-state index is 13.1. The van der Waals surface area contributed by atoms with E-state index in [1.165, 1.54) is 3.97 Å². The van der Waals surface area contributed by atoms with Gasteiger partial charge in [0.1, 0.15) is 5.82 Å². The maximum atomic E-state index is 13.1. The van der Waals surface area contributed by atoms with Crippen LogP contribution in [0.2, 0.25) is 0 Å². The molecule has 8 nitrogen and oxygen atoms in total. The number of fused-ring (bicyclic) bond motifs is 3. The van der Waals surface area contributed by atoms with Gasteiger partial charge in [0.2, 0.25) is 10.0 Å². The topological polar surface area (TPSA) is 94.2 Å². The van der Waals surface area contributed by atoms with Crippen molar-refractivity contribution in [1.82, 2.24) is 28.9 Å². The van der Waals surface area contributed by atoms with Gasteiger partial charge >= 0.3 is 0 Å². The van der Waals surface area contributed by atoms with Gasteiger partial charge in [-0.15, -0.1) is 10.2 Å². The standard InChI is InChI=1S/C20H22N6O2S/c1-2-15-10-21-11-16(15)19-24-23-18-12-22-20-17(26(18)19)8-9-25(20)29(27,28)13-14-6-4-3-5-7-14/h3-9,12,15-16,21H,2,10-11,13H2,1H3/t15-,16+/m0/s1. The fraction of sp³-hybridized carbons (Fsp3) is 0.350. The quantitative estimate of drug-likeness (QED) is 0.542. The van der Waals surface area contributed by atoms with Gasteiger partial charge in [0.25, 0.3) is 0 Å². The van der Waals surface area contributed by atoms with Crippen LogP contribution in [0.15, 0.2) is 48.8 Å². The van der Waals surface area contributed by atoms with E-state index < -0.39 is 10.0 Å². The summed E-state index contributed by atoms with van der Waals surface area (Å²) < 4.78 is 29.3. The number of hydrogen-bond acceptors (Lipinski definition) is 6. The summed E-state index contributed by atoms with van der Waals surface area (Å²) in [6.45, 7) is 3.98. The predicted octanol–water partition coefficient (Wildman–Crippen LogP) is 2.17. The summed E-state index contributed by atoms with van der Waals surface area (Å²) in [4.78, 5) is 4.40. The third-order valence-electron chi connectivity index (χ3n) is 5.75. The summed E-state index contributed by atoms with van der Waals surface area (Å²) in [7, 11) is -3.61. The lowest BCUT2D eigenvalue weighted by atomic mass is 9.93. The summed E-state index contributed by atoms with van der Waals surface area (Å²) in [5.41, 5.74) is 2.48. The minimum atomic E-state index is -3.61. The molecule has 4 aromatic rings. The number of benzene rings is 1. The lowest BCUT2D eigenvalue weighted by molar-refractivity contribution is 0.483. The van der Waals surface area contributed by atoms with Gasteiger partial charge in [0.15, 0.2) is 11.3 Å². The third-order valence-corrected chi connectivity index (χ3v) is 7.34. The molecule has 1 aromatic carbocycles. The Kier molecular flexibility index (Phi) is 4.36. The summed E-state index contributed by atoms with van der Waals surface area (Å²) in [6, 6.07) is 10.9. The van der Waals surface area contributed by atoms with E-state index in [0.29, 0.717) is 22.7 Å². The van der Waals surface area contributed by atoms with Gasteiger partial charge < -0.3 is 5.32 Å². The van der Waals surface area contributed by atoms with E-state index >= 15 is 0 Å². The van der Waals surface area contributed by atoms with Crippen LogP contribution in [0.4, 0.5) is 0 Å². The minimum Gasteiger partial charge on any atom is -0.316 e. The summed E-state index contributed by atoms with van der Waals surface area (Å²) >= 11 is 0. The van der Waals surface area contributed by atoms with E-state index in [-0.39, 0.29) is 11.7 Å². The lowest BCUT2D eigenvalue weighted by Crippen LogP contribution is -2.15. The van der Waals surface area contributed by atoms with Crippen LogP contribution >= 0.6 is 0 Å². The number of aromatic nitrogens is 5. The van der Waals surface area contributed by atoms with Crippen molar-refractivity contribution >= 4 is 26.8 Å². The SMILES string of the molecule is CC[C@H]1CNC[C@H]1c1nnc2cnc3c(ccn3S(=O)(=O)Cc3ccccc3)n12. The highest BCUT2D eigenvalue weighted by atomic mass is 32.2. The largest absolute Gasteiger partial charge is 0.316 e. The molecule has 4 heterocycles. The van der Waals surface area contributed by atoms with E-state index in [1.807, 2.05) is 34.7 Å². The van der Waals surface area contributed by atoms with Gasteiger partial charge in [-0.2, -0.15) is 0 Å². The van der Waals surface area contributed by atoms with E-state index in [2.05, 4.69) is 27.4 Å². The highest BCUT2D eigenvalue weighted by molar-refractivity contribution is 7.89. The first-order chi connectivity index (χ1) is 14.1. The number of rotatable bonds is 5. The van der Waals surface area contributed by atoms with Crippen molar-refractivity contribution in [2.75, 3.05) is 13.1 Å². The molecule has 29 heavy (non-hydrogen) atoms. The zero-order chi connectivity index (χ0) is 20.0. The maximum Gasteiger partial charge on any atom is 0.244 e. The molecular weight excluding hydrogens is 388 g/mol. The third kappa shape index (κ3) is 3.01. The summed E-state index contributed by atoms with van der Waals surface area (Å²) in [5, 5.41) is 12.2. The van der Waals surface area contributed by atoms with Crippen LogP contribution in [-0.4, -0.2) is 45.1 Å². The van der Waals surface area contributed by atoms with Gasteiger partial charge in [-0.1, -0.05) is 43.7 Å².